The standard InChI is InChI=1S/C14H21FN2O2S/c15-13-10-12(11-16)6-7-14(13)20(18,19)17-8-4-2-1-3-5-9-17/h6-7,10H,1-5,8-9,11,16H2. The number of halogens is 1. The van der Waals surface area contributed by atoms with Gasteiger partial charge in [-0.05, 0) is 30.5 Å². The molecule has 20 heavy (non-hydrogen) atoms. The fourth-order valence-corrected chi connectivity index (χ4v) is 4.04. The van der Waals surface area contributed by atoms with E-state index in [0.717, 1.165) is 32.1 Å². The van der Waals surface area contributed by atoms with Crippen LogP contribution in [0.3, 0.4) is 0 Å². The highest BCUT2D eigenvalue weighted by molar-refractivity contribution is 7.89. The van der Waals surface area contributed by atoms with E-state index >= 15 is 0 Å². The molecule has 0 spiro atoms. The minimum Gasteiger partial charge on any atom is -0.326 e. The minimum atomic E-state index is -3.74. The zero-order valence-corrected chi connectivity index (χ0v) is 12.3. The molecule has 1 saturated heterocycles. The highest BCUT2D eigenvalue weighted by Gasteiger charge is 2.27. The van der Waals surface area contributed by atoms with Gasteiger partial charge in [0.05, 0.1) is 0 Å². The summed E-state index contributed by atoms with van der Waals surface area (Å²) in [5.41, 5.74) is 6.02. The number of benzene rings is 1. The average Bonchev–Trinajstić information content (AvgIpc) is 2.37. The highest BCUT2D eigenvalue weighted by Crippen LogP contribution is 2.23. The molecule has 1 aliphatic heterocycles. The summed E-state index contributed by atoms with van der Waals surface area (Å²) in [6.07, 6.45) is 4.87. The van der Waals surface area contributed by atoms with E-state index in [4.69, 9.17) is 5.73 Å². The van der Waals surface area contributed by atoms with Gasteiger partial charge in [-0.15, -0.1) is 0 Å². The summed E-state index contributed by atoms with van der Waals surface area (Å²) >= 11 is 0. The van der Waals surface area contributed by atoms with E-state index in [1.165, 1.54) is 16.4 Å². The Balaban J connectivity index is 2.28. The van der Waals surface area contributed by atoms with Crippen molar-refractivity contribution in [2.24, 2.45) is 5.73 Å². The molecule has 0 atom stereocenters. The third kappa shape index (κ3) is 3.37. The molecule has 0 aromatic heterocycles. The lowest BCUT2D eigenvalue weighted by Crippen LogP contribution is -2.34. The van der Waals surface area contributed by atoms with Crippen molar-refractivity contribution in [3.8, 4) is 0 Å². The van der Waals surface area contributed by atoms with E-state index in [0.29, 0.717) is 18.7 Å². The minimum absolute atomic E-state index is 0.195. The summed E-state index contributed by atoms with van der Waals surface area (Å²) in [5.74, 6) is -0.713. The molecule has 0 unspecified atom stereocenters. The smallest absolute Gasteiger partial charge is 0.245 e. The maximum absolute atomic E-state index is 14.0. The summed E-state index contributed by atoms with van der Waals surface area (Å²) < 4.78 is 40.5. The van der Waals surface area contributed by atoms with Crippen molar-refractivity contribution in [2.75, 3.05) is 13.1 Å². The van der Waals surface area contributed by atoms with Crippen LogP contribution in [0.5, 0.6) is 0 Å². The van der Waals surface area contributed by atoms with E-state index in [1.54, 1.807) is 6.07 Å². The van der Waals surface area contributed by atoms with Crippen LogP contribution in [0.4, 0.5) is 4.39 Å². The van der Waals surface area contributed by atoms with Gasteiger partial charge in [0.2, 0.25) is 10.0 Å². The van der Waals surface area contributed by atoms with Gasteiger partial charge in [0.15, 0.2) is 0 Å². The molecule has 4 nitrogen and oxygen atoms in total. The zero-order chi connectivity index (χ0) is 14.6. The van der Waals surface area contributed by atoms with Gasteiger partial charge in [-0.25, -0.2) is 12.8 Å². The molecule has 0 aliphatic carbocycles. The summed E-state index contributed by atoms with van der Waals surface area (Å²) in [4.78, 5) is -0.240. The fraction of sp³-hybridized carbons (Fsp3) is 0.571. The summed E-state index contributed by atoms with van der Waals surface area (Å²) in [6, 6.07) is 4.10. The molecule has 112 valence electrons. The normalized spacial score (nSPS) is 18.5. The Kier molecular flexibility index (Phi) is 5.12. The van der Waals surface area contributed by atoms with Gasteiger partial charge in [-0.2, -0.15) is 4.31 Å². The largest absolute Gasteiger partial charge is 0.326 e. The van der Waals surface area contributed by atoms with Crippen LogP contribution < -0.4 is 5.73 Å². The maximum atomic E-state index is 14.0. The monoisotopic (exact) mass is 300 g/mol. The summed E-state index contributed by atoms with van der Waals surface area (Å²) in [6.45, 7) is 1.14. The molecule has 0 bridgehead atoms. The quantitative estimate of drug-likeness (QED) is 0.931. The predicted molar refractivity (Wildman–Crippen MR) is 76.1 cm³/mol. The predicted octanol–water partition coefficient (Wildman–Crippen LogP) is 2.24. The van der Waals surface area contributed by atoms with Gasteiger partial charge >= 0.3 is 0 Å². The van der Waals surface area contributed by atoms with Gasteiger partial charge in [0, 0.05) is 19.6 Å². The molecule has 1 fully saturated rings. The third-order valence-electron chi connectivity index (χ3n) is 3.66. The Morgan fingerprint density at radius 2 is 1.70 bits per heavy atom. The highest BCUT2D eigenvalue weighted by atomic mass is 32.2. The van der Waals surface area contributed by atoms with E-state index in [-0.39, 0.29) is 11.4 Å². The second-order valence-corrected chi connectivity index (χ2v) is 7.05. The Hall–Kier alpha value is -0.980. The number of rotatable bonds is 3. The fourth-order valence-electron chi connectivity index (χ4n) is 2.48. The molecular weight excluding hydrogens is 279 g/mol. The Morgan fingerprint density at radius 3 is 2.25 bits per heavy atom. The molecule has 1 aliphatic rings. The SMILES string of the molecule is NCc1ccc(S(=O)(=O)N2CCCCCCC2)c(F)c1. The molecule has 0 saturated carbocycles. The van der Waals surface area contributed by atoms with E-state index in [9.17, 15) is 12.8 Å². The van der Waals surface area contributed by atoms with Crippen molar-refractivity contribution in [3.05, 3.63) is 29.6 Å². The van der Waals surface area contributed by atoms with E-state index < -0.39 is 15.8 Å². The molecule has 2 N–H and O–H groups in total. The van der Waals surface area contributed by atoms with Gasteiger partial charge in [0.25, 0.3) is 0 Å². The van der Waals surface area contributed by atoms with Crippen LogP contribution in [-0.4, -0.2) is 25.8 Å². The first-order valence-electron chi connectivity index (χ1n) is 7.04. The number of nitrogens with two attached hydrogens (primary N) is 1. The lowest BCUT2D eigenvalue weighted by molar-refractivity contribution is 0.362. The Bertz CT molecular complexity index is 552. The van der Waals surface area contributed by atoms with Crippen LogP contribution in [0.25, 0.3) is 0 Å². The molecule has 1 heterocycles. The Labute approximate surface area is 119 Å². The van der Waals surface area contributed by atoms with Crippen molar-refractivity contribution in [3.63, 3.8) is 0 Å². The van der Waals surface area contributed by atoms with Crippen molar-refractivity contribution in [1.29, 1.82) is 0 Å². The molecule has 1 aromatic rings. The molecule has 2 rings (SSSR count). The summed E-state index contributed by atoms with van der Waals surface area (Å²) in [5, 5.41) is 0. The van der Waals surface area contributed by atoms with Crippen LogP contribution in [0.1, 0.15) is 37.7 Å². The first-order chi connectivity index (χ1) is 9.55. The molecule has 6 heteroatoms. The number of nitrogens with zero attached hydrogens (tertiary/aromatic N) is 1. The zero-order valence-electron chi connectivity index (χ0n) is 11.5. The molecule has 0 amide bonds. The van der Waals surface area contributed by atoms with Crippen LogP contribution in [0.15, 0.2) is 23.1 Å². The topological polar surface area (TPSA) is 63.4 Å². The van der Waals surface area contributed by atoms with Crippen LogP contribution >= 0.6 is 0 Å². The lowest BCUT2D eigenvalue weighted by Gasteiger charge is -2.24. The molecular formula is C14H21FN2O2S. The number of hydrogen-bond acceptors (Lipinski definition) is 3. The molecule has 1 aromatic carbocycles. The Morgan fingerprint density at radius 1 is 1.10 bits per heavy atom. The van der Waals surface area contributed by atoms with Gasteiger partial charge in [-0.3, -0.25) is 0 Å². The lowest BCUT2D eigenvalue weighted by atomic mass is 10.1. The van der Waals surface area contributed by atoms with Crippen LogP contribution in [0, 0.1) is 5.82 Å². The van der Waals surface area contributed by atoms with Crippen molar-refractivity contribution >= 4 is 10.0 Å². The maximum Gasteiger partial charge on any atom is 0.245 e. The van der Waals surface area contributed by atoms with Gasteiger partial charge < -0.3 is 5.73 Å². The number of sulfonamides is 1. The van der Waals surface area contributed by atoms with Crippen molar-refractivity contribution in [2.45, 2.75) is 43.5 Å². The van der Waals surface area contributed by atoms with Gasteiger partial charge in [0.1, 0.15) is 10.7 Å². The van der Waals surface area contributed by atoms with Crippen LogP contribution in [0.2, 0.25) is 0 Å². The second-order valence-electron chi connectivity index (χ2n) is 5.14. The average molecular weight is 300 g/mol. The van der Waals surface area contributed by atoms with Gasteiger partial charge in [-0.1, -0.05) is 25.3 Å². The van der Waals surface area contributed by atoms with E-state index in [2.05, 4.69) is 0 Å². The van der Waals surface area contributed by atoms with E-state index in [1.807, 2.05) is 0 Å². The molecule has 0 radical (unpaired) electrons. The first kappa shape index (κ1) is 15.4. The van der Waals surface area contributed by atoms with Crippen LogP contribution in [-0.2, 0) is 16.6 Å². The first-order valence-corrected chi connectivity index (χ1v) is 8.48. The van der Waals surface area contributed by atoms with Crippen molar-refractivity contribution in [1.82, 2.24) is 4.31 Å². The third-order valence-corrected chi connectivity index (χ3v) is 5.60. The number of hydrogen-bond donors (Lipinski definition) is 1. The van der Waals surface area contributed by atoms with Crippen molar-refractivity contribution < 1.29 is 12.8 Å². The second kappa shape index (κ2) is 6.65. The summed E-state index contributed by atoms with van der Waals surface area (Å²) in [7, 11) is -3.74.